The van der Waals surface area contributed by atoms with Crippen molar-refractivity contribution >= 4 is 16.2 Å². The zero-order valence-corrected chi connectivity index (χ0v) is 10.7. The molecule has 1 atom stereocenters. The van der Waals surface area contributed by atoms with E-state index >= 15 is 0 Å². The van der Waals surface area contributed by atoms with E-state index in [1.54, 1.807) is 26.0 Å². The second-order valence-corrected chi connectivity index (χ2v) is 6.44. The van der Waals surface area contributed by atoms with Crippen molar-refractivity contribution < 1.29 is 13.0 Å². The Labute approximate surface area is 102 Å². The highest BCUT2D eigenvalue weighted by molar-refractivity contribution is 7.87. The molecule has 0 bridgehead atoms. The Morgan fingerprint density at radius 2 is 1.94 bits per heavy atom. The average Bonchev–Trinajstić information content (AvgIpc) is 2.26. The van der Waals surface area contributed by atoms with Gasteiger partial charge in [-0.05, 0) is 23.5 Å². The lowest BCUT2D eigenvalue weighted by molar-refractivity contribution is 0.385. The van der Waals surface area contributed by atoms with E-state index in [1.165, 1.54) is 0 Å². The Balaban J connectivity index is 2.57. The molecular formula is C13H15O3S-. The van der Waals surface area contributed by atoms with Crippen molar-refractivity contribution in [1.29, 1.82) is 0 Å². The molecule has 3 nitrogen and oxygen atoms in total. The van der Waals surface area contributed by atoms with Gasteiger partial charge in [-0.3, -0.25) is 0 Å². The van der Waals surface area contributed by atoms with Crippen LogP contribution in [0, 0.1) is 5.92 Å². The summed E-state index contributed by atoms with van der Waals surface area (Å²) in [6.45, 7) is 3.54. The van der Waals surface area contributed by atoms with Gasteiger partial charge in [0, 0.05) is 0 Å². The molecule has 0 aromatic heterocycles. The molecule has 0 amide bonds. The summed E-state index contributed by atoms with van der Waals surface area (Å²) in [6.07, 6.45) is 3.57. The zero-order valence-electron chi connectivity index (χ0n) is 9.88. The minimum absolute atomic E-state index is 0.241. The molecule has 1 aromatic carbocycles. The van der Waals surface area contributed by atoms with Crippen LogP contribution < -0.4 is 0 Å². The predicted octanol–water partition coefficient (Wildman–Crippen LogP) is 2.20. The first-order valence-electron chi connectivity index (χ1n) is 5.59. The van der Waals surface area contributed by atoms with Crippen LogP contribution >= 0.6 is 0 Å². The van der Waals surface area contributed by atoms with E-state index in [0.717, 1.165) is 11.1 Å². The largest absolute Gasteiger partial charge is 0.747 e. The van der Waals surface area contributed by atoms with E-state index in [9.17, 15) is 13.0 Å². The van der Waals surface area contributed by atoms with Crippen molar-refractivity contribution in [1.82, 2.24) is 0 Å². The molecule has 0 saturated carbocycles. The third-order valence-corrected chi connectivity index (χ3v) is 5.19. The number of rotatable bonds is 2. The van der Waals surface area contributed by atoms with Crippen molar-refractivity contribution in [3.63, 3.8) is 0 Å². The SMILES string of the molecule is CC(C)C1(S(=O)(=O)[O-])C=Cc2ccccc2C1. The third kappa shape index (κ3) is 1.91. The smallest absolute Gasteiger partial charge is 0.105 e. The van der Waals surface area contributed by atoms with Gasteiger partial charge in [-0.2, -0.15) is 0 Å². The van der Waals surface area contributed by atoms with E-state index in [0.29, 0.717) is 0 Å². The second-order valence-electron chi connectivity index (χ2n) is 4.77. The lowest BCUT2D eigenvalue weighted by Gasteiger charge is -2.39. The maximum atomic E-state index is 11.6. The number of hydrogen-bond donors (Lipinski definition) is 0. The molecule has 0 fully saturated rings. The molecule has 0 radical (unpaired) electrons. The highest BCUT2D eigenvalue weighted by Gasteiger charge is 2.40. The Hall–Kier alpha value is -1.13. The van der Waals surface area contributed by atoms with Gasteiger partial charge in [0.25, 0.3) is 0 Å². The molecule has 1 aliphatic carbocycles. The molecule has 0 spiro atoms. The number of fused-ring (bicyclic) bond motifs is 1. The molecular weight excluding hydrogens is 236 g/mol. The second kappa shape index (κ2) is 3.96. The Morgan fingerprint density at radius 3 is 2.53 bits per heavy atom. The molecule has 0 N–H and O–H groups in total. The first kappa shape index (κ1) is 12.3. The third-order valence-electron chi connectivity index (χ3n) is 3.51. The fraction of sp³-hybridized carbons (Fsp3) is 0.385. The number of benzene rings is 1. The fourth-order valence-corrected chi connectivity index (χ4v) is 3.45. The van der Waals surface area contributed by atoms with Crippen LogP contribution in [0.5, 0.6) is 0 Å². The zero-order chi connectivity index (χ0) is 12.7. The van der Waals surface area contributed by atoms with E-state index in [-0.39, 0.29) is 12.3 Å². The summed E-state index contributed by atoms with van der Waals surface area (Å²) in [6, 6.07) is 7.56. The van der Waals surface area contributed by atoms with Gasteiger partial charge >= 0.3 is 0 Å². The molecule has 0 heterocycles. The summed E-state index contributed by atoms with van der Waals surface area (Å²) in [4.78, 5) is 0. The molecule has 0 saturated heterocycles. The van der Waals surface area contributed by atoms with Crippen molar-refractivity contribution in [2.45, 2.75) is 25.0 Å². The Bertz CT molecular complexity index is 558. The number of hydrogen-bond acceptors (Lipinski definition) is 3. The molecule has 4 heteroatoms. The van der Waals surface area contributed by atoms with Gasteiger partial charge in [0.15, 0.2) is 0 Å². The average molecular weight is 251 g/mol. The van der Waals surface area contributed by atoms with Crippen LogP contribution in [0.15, 0.2) is 30.3 Å². The fourth-order valence-electron chi connectivity index (χ4n) is 2.30. The van der Waals surface area contributed by atoms with E-state index < -0.39 is 14.9 Å². The van der Waals surface area contributed by atoms with E-state index in [1.807, 2.05) is 24.3 Å². The Morgan fingerprint density at radius 1 is 1.29 bits per heavy atom. The van der Waals surface area contributed by atoms with Crippen LogP contribution in [-0.2, 0) is 16.5 Å². The molecule has 1 unspecified atom stereocenters. The first-order valence-corrected chi connectivity index (χ1v) is 7.00. The van der Waals surface area contributed by atoms with Gasteiger partial charge in [-0.25, -0.2) is 8.42 Å². The highest BCUT2D eigenvalue weighted by Crippen LogP contribution is 2.37. The van der Waals surface area contributed by atoms with Gasteiger partial charge in [0.1, 0.15) is 10.1 Å². The highest BCUT2D eigenvalue weighted by atomic mass is 32.2. The van der Waals surface area contributed by atoms with Gasteiger partial charge in [-0.15, -0.1) is 0 Å². The molecule has 1 aromatic rings. The molecule has 92 valence electrons. The van der Waals surface area contributed by atoms with Crippen molar-refractivity contribution in [2.24, 2.45) is 5.92 Å². The lowest BCUT2D eigenvalue weighted by atomic mass is 9.82. The van der Waals surface area contributed by atoms with Crippen molar-refractivity contribution in [3.05, 3.63) is 41.5 Å². The summed E-state index contributed by atoms with van der Waals surface area (Å²) >= 11 is 0. The normalized spacial score (nSPS) is 23.8. The minimum Gasteiger partial charge on any atom is -0.747 e. The topological polar surface area (TPSA) is 57.2 Å². The van der Waals surface area contributed by atoms with E-state index in [4.69, 9.17) is 0 Å². The van der Waals surface area contributed by atoms with Crippen LogP contribution in [0.1, 0.15) is 25.0 Å². The van der Waals surface area contributed by atoms with Crippen molar-refractivity contribution in [3.8, 4) is 0 Å². The molecule has 17 heavy (non-hydrogen) atoms. The monoisotopic (exact) mass is 251 g/mol. The van der Waals surface area contributed by atoms with Crippen LogP contribution in [0.2, 0.25) is 0 Å². The maximum Gasteiger partial charge on any atom is 0.105 e. The molecule has 0 aliphatic heterocycles. The standard InChI is InChI=1S/C13H16O3S/c1-10(2)13(17(14,15)16)8-7-11-5-3-4-6-12(11)9-13/h3-8,10H,9H2,1-2H3,(H,14,15,16)/p-1. The minimum atomic E-state index is -4.37. The van der Waals surface area contributed by atoms with Crippen LogP contribution in [0.4, 0.5) is 0 Å². The van der Waals surface area contributed by atoms with Crippen LogP contribution in [0.25, 0.3) is 6.08 Å². The Kier molecular flexibility index (Phi) is 2.87. The van der Waals surface area contributed by atoms with Crippen molar-refractivity contribution in [2.75, 3.05) is 0 Å². The molecule has 2 rings (SSSR count). The summed E-state index contributed by atoms with van der Waals surface area (Å²) in [5.74, 6) is -0.241. The predicted molar refractivity (Wildman–Crippen MR) is 66.4 cm³/mol. The summed E-state index contributed by atoms with van der Waals surface area (Å²) in [7, 11) is -4.37. The summed E-state index contributed by atoms with van der Waals surface area (Å²) in [5, 5.41) is 0. The quantitative estimate of drug-likeness (QED) is 0.757. The van der Waals surface area contributed by atoms with Gasteiger partial charge < -0.3 is 4.55 Å². The summed E-state index contributed by atoms with van der Waals surface area (Å²) in [5.41, 5.74) is 1.91. The maximum absolute atomic E-state index is 11.6. The van der Waals surface area contributed by atoms with Gasteiger partial charge in [-0.1, -0.05) is 50.3 Å². The van der Waals surface area contributed by atoms with Gasteiger partial charge in [0.05, 0.1) is 4.75 Å². The van der Waals surface area contributed by atoms with Crippen LogP contribution in [0.3, 0.4) is 0 Å². The van der Waals surface area contributed by atoms with Gasteiger partial charge in [0.2, 0.25) is 0 Å². The lowest BCUT2D eigenvalue weighted by Crippen LogP contribution is -2.45. The van der Waals surface area contributed by atoms with E-state index in [2.05, 4.69) is 0 Å². The van der Waals surface area contributed by atoms with Crippen LogP contribution in [-0.4, -0.2) is 17.7 Å². The first-order chi connectivity index (χ1) is 7.87. The summed E-state index contributed by atoms with van der Waals surface area (Å²) < 4.78 is 33.4. The molecule has 1 aliphatic rings.